The molecular formula is C20H27N5O3. The SMILES string of the molecule is CC(C(=O)NC12CC3CC(CC(C3)C1)C2)n1cnc2c1c(=O)n(C)c(=O)n2C. The normalized spacial score (nSPS) is 32.0. The fourth-order valence-electron chi connectivity index (χ4n) is 6.41. The van der Waals surface area contributed by atoms with E-state index in [0.29, 0.717) is 5.65 Å². The fourth-order valence-corrected chi connectivity index (χ4v) is 6.41. The highest BCUT2D eigenvalue weighted by molar-refractivity contribution is 5.83. The number of aryl methyl sites for hydroxylation is 1. The summed E-state index contributed by atoms with van der Waals surface area (Å²) in [5.41, 5.74) is -0.326. The summed E-state index contributed by atoms with van der Waals surface area (Å²) in [5, 5.41) is 3.37. The van der Waals surface area contributed by atoms with Crippen molar-refractivity contribution in [2.75, 3.05) is 0 Å². The van der Waals surface area contributed by atoms with Crippen LogP contribution in [0.5, 0.6) is 0 Å². The summed E-state index contributed by atoms with van der Waals surface area (Å²) in [6.07, 6.45) is 8.70. The van der Waals surface area contributed by atoms with E-state index in [1.807, 2.05) is 0 Å². The second-order valence-corrected chi connectivity index (χ2v) is 9.39. The molecule has 4 aliphatic rings. The summed E-state index contributed by atoms with van der Waals surface area (Å²) in [5.74, 6) is 2.17. The minimum Gasteiger partial charge on any atom is -0.349 e. The molecule has 1 atom stereocenters. The summed E-state index contributed by atoms with van der Waals surface area (Å²) in [6.45, 7) is 1.79. The molecule has 2 aromatic rings. The molecule has 4 fully saturated rings. The van der Waals surface area contributed by atoms with Crippen LogP contribution in [-0.2, 0) is 18.9 Å². The number of aromatic nitrogens is 4. The first-order valence-electron chi connectivity index (χ1n) is 10.2. The lowest BCUT2D eigenvalue weighted by Crippen LogP contribution is -2.60. The molecule has 0 aliphatic heterocycles. The largest absolute Gasteiger partial charge is 0.349 e. The van der Waals surface area contributed by atoms with Gasteiger partial charge in [0.25, 0.3) is 5.56 Å². The number of hydrogen-bond donors (Lipinski definition) is 1. The van der Waals surface area contributed by atoms with Crippen LogP contribution in [0.4, 0.5) is 0 Å². The van der Waals surface area contributed by atoms with Gasteiger partial charge in [0.15, 0.2) is 11.2 Å². The molecule has 8 nitrogen and oxygen atoms in total. The summed E-state index contributed by atoms with van der Waals surface area (Å²) < 4.78 is 4.01. The Morgan fingerprint density at radius 3 is 2.25 bits per heavy atom. The number of carbonyl (C=O) groups is 1. The van der Waals surface area contributed by atoms with Crippen molar-refractivity contribution in [1.82, 2.24) is 24.0 Å². The quantitative estimate of drug-likeness (QED) is 0.856. The van der Waals surface area contributed by atoms with E-state index in [9.17, 15) is 14.4 Å². The van der Waals surface area contributed by atoms with E-state index >= 15 is 0 Å². The number of hydrogen-bond acceptors (Lipinski definition) is 4. The van der Waals surface area contributed by atoms with Gasteiger partial charge >= 0.3 is 5.69 Å². The monoisotopic (exact) mass is 385 g/mol. The smallest absolute Gasteiger partial charge is 0.332 e. The first-order chi connectivity index (χ1) is 13.3. The van der Waals surface area contributed by atoms with Gasteiger partial charge in [0.2, 0.25) is 5.91 Å². The lowest BCUT2D eigenvalue weighted by Gasteiger charge is -2.57. The van der Waals surface area contributed by atoms with Crippen LogP contribution in [0, 0.1) is 17.8 Å². The van der Waals surface area contributed by atoms with Crippen molar-refractivity contribution >= 4 is 17.1 Å². The van der Waals surface area contributed by atoms with Crippen molar-refractivity contribution in [2.45, 2.75) is 57.0 Å². The summed E-state index contributed by atoms with van der Waals surface area (Å²) >= 11 is 0. The average molecular weight is 385 g/mol. The van der Waals surface area contributed by atoms with Crippen molar-refractivity contribution in [3.05, 3.63) is 27.2 Å². The first-order valence-corrected chi connectivity index (χ1v) is 10.2. The molecule has 4 saturated carbocycles. The highest BCUT2D eigenvalue weighted by atomic mass is 16.2. The minimum absolute atomic E-state index is 0.0721. The Morgan fingerprint density at radius 1 is 1.11 bits per heavy atom. The molecule has 150 valence electrons. The maximum Gasteiger partial charge on any atom is 0.332 e. The second-order valence-electron chi connectivity index (χ2n) is 9.39. The molecule has 6 rings (SSSR count). The van der Waals surface area contributed by atoms with Crippen LogP contribution in [0.3, 0.4) is 0 Å². The van der Waals surface area contributed by atoms with Gasteiger partial charge in [-0.2, -0.15) is 0 Å². The Hall–Kier alpha value is -2.38. The first kappa shape index (κ1) is 17.7. The van der Waals surface area contributed by atoms with Gasteiger partial charge in [0, 0.05) is 19.6 Å². The molecule has 4 bridgehead atoms. The Bertz CT molecular complexity index is 1060. The second kappa shape index (κ2) is 5.81. The summed E-state index contributed by atoms with van der Waals surface area (Å²) in [6, 6.07) is -0.566. The zero-order valence-electron chi connectivity index (χ0n) is 16.6. The van der Waals surface area contributed by atoms with E-state index in [1.54, 1.807) is 18.5 Å². The topological polar surface area (TPSA) is 90.9 Å². The van der Waals surface area contributed by atoms with Crippen LogP contribution in [0.2, 0.25) is 0 Å². The van der Waals surface area contributed by atoms with Crippen LogP contribution in [0.15, 0.2) is 15.9 Å². The minimum atomic E-state index is -0.566. The van der Waals surface area contributed by atoms with Gasteiger partial charge in [-0.05, 0) is 63.2 Å². The maximum atomic E-state index is 13.2. The van der Waals surface area contributed by atoms with Gasteiger partial charge in [0.05, 0.1) is 6.33 Å². The third-order valence-corrected chi connectivity index (χ3v) is 7.40. The van der Waals surface area contributed by atoms with Gasteiger partial charge in [-0.15, -0.1) is 0 Å². The molecule has 1 unspecified atom stereocenters. The lowest BCUT2D eigenvalue weighted by atomic mass is 9.53. The van der Waals surface area contributed by atoms with Crippen molar-refractivity contribution in [3.63, 3.8) is 0 Å². The van der Waals surface area contributed by atoms with Gasteiger partial charge < -0.3 is 9.88 Å². The van der Waals surface area contributed by atoms with E-state index in [4.69, 9.17) is 0 Å². The highest BCUT2D eigenvalue weighted by Gasteiger charge is 2.51. The van der Waals surface area contributed by atoms with E-state index in [1.165, 1.54) is 37.2 Å². The van der Waals surface area contributed by atoms with E-state index in [2.05, 4.69) is 10.3 Å². The molecular weight excluding hydrogens is 358 g/mol. The Kier molecular flexibility index (Phi) is 3.67. The molecule has 0 aromatic carbocycles. The van der Waals surface area contributed by atoms with E-state index in [-0.39, 0.29) is 17.0 Å². The van der Waals surface area contributed by atoms with Crippen LogP contribution in [0.25, 0.3) is 11.2 Å². The summed E-state index contributed by atoms with van der Waals surface area (Å²) in [7, 11) is 3.03. The van der Waals surface area contributed by atoms with Crippen LogP contribution in [-0.4, -0.2) is 30.1 Å². The predicted octanol–water partition coefficient (Wildman–Crippen LogP) is 1.08. The van der Waals surface area contributed by atoms with Gasteiger partial charge in [-0.1, -0.05) is 0 Å². The molecule has 0 spiro atoms. The van der Waals surface area contributed by atoms with Crippen molar-refractivity contribution in [2.24, 2.45) is 31.8 Å². The number of amides is 1. The highest BCUT2D eigenvalue weighted by Crippen LogP contribution is 2.55. The molecule has 2 aromatic heterocycles. The van der Waals surface area contributed by atoms with Crippen LogP contribution >= 0.6 is 0 Å². The average Bonchev–Trinajstić information content (AvgIpc) is 3.07. The number of rotatable bonds is 3. The third kappa shape index (κ3) is 2.42. The number of carbonyl (C=O) groups excluding carboxylic acids is 1. The molecule has 0 saturated heterocycles. The fraction of sp³-hybridized carbons (Fsp3) is 0.700. The van der Waals surface area contributed by atoms with Gasteiger partial charge in [-0.25, -0.2) is 9.78 Å². The maximum absolute atomic E-state index is 13.2. The zero-order chi connectivity index (χ0) is 19.8. The number of nitrogens with one attached hydrogen (secondary N) is 1. The standard InChI is InChI=1S/C20H27N5O3/c1-11(25-10-21-16-15(25)18(27)24(3)19(28)23(16)2)17(26)22-20-7-12-4-13(8-20)6-14(5-12)9-20/h10-14H,4-9H2,1-3H3,(H,22,26). The molecule has 2 heterocycles. The molecule has 1 N–H and O–H groups in total. The Labute approximate surface area is 162 Å². The molecule has 4 aliphatic carbocycles. The van der Waals surface area contributed by atoms with Crippen molar-refractivity contribution in [3.8, 4) is 0 Å². The molecule has 0 radical (unpaired) electrons. The molecule has 28 heavy (non-hydrogen) atoms. The van der Waals surface area contributed by atoms with Crippen molar-refractivity contribution < 1.29 is 4.79 Å². The molecule has 8 heteroatoms. The Balaban J connectivity index is 1.47. The number of fused-ring (bicyclic) bond motifs is 1. The number of imidazole rings is 1. The summed E-state index contributed by atoms with van der Waals surface area (Å²) in [4.78, 5) is 42.2. The predicted molar refractivity (Wildman–Crippen MR) is 104 cm³/mol. The van der Waals surface area contributed by atoms with Crippen molar-refractivity contribution in [1.29, 1.82) is 0 Å². The van der Waals surface area contributed by atoms with E-state index in [0.717, 1.165) is 41.6 Å². The van der Waals surface area contributed by atoms with Crippen LogP contribution < -0.4 is 16.6 Å². The number of nitrogens with zero attached hydrogens (tertiary/aromatic N) is 4. The zero-order valence-corrected chi connectivity index (χ0v) is 16.6. The third-order valence-electron chi connectivity index (χ3n) is 7.40. The lowest BCUT2D eigenvalue weighted by molar-refractivity contribution is -0.129. The van der Waals surface area contributed by atoms with E-state index < -0.39 is 17.3 Å². The van der Waals surface area contributed by atoms with Crippen LogP contribution in [0.1, 0.15) is 51.5 Å². The van der Waals surface area contributed by atoms with Gasteiger partial charge in [0.1, 0.15) is 6.04 Å². The van der Waals surface area contributed by atoms with Gasteiger partial charge in [-0.3, -0.25) is 18.7 Å². The molecule has 1 amide bonds. The Morgan fingerprint density at radius 2 is 1.68 bits per heavy atom.